The summed E-state index contributed by atoms with van der Waals surface area (Å²) >= 11 is 12.7. The van der Waals surface area contributed by atoms with Crippen LogP contribution in [0.3, 0.4) is 0 Å². The highest BCUT2D eigenvalue weighted by Crippen LogP contribution is 2.49. The van der Waals surface area contributed by atoms with E-state index in [4.69, 9.17) is 28.3 Å². The molecule has 3 aromatic carbocycles. The first-order valence-corrected chi connectivity index (χ1v) is 12.2. The van der Waals surface area contributed by atoms with Gasteiger partial charge in [-0.15, -0.1) is 0 Å². The Balaban J connectivity index is 1.46. The average Bonchev–Trinajstić information content (AvgIpc) is 3.10. The highest BCUT2D eigenvalue weighted by Gasteiger charge is 2.60. The summed E-state index contributed by atoms with van der Waals surface area (Å²) in [7, 11) is 0. The predicted molar refractivity (Wildman–Crippen MR) is 139 cm³/mol. The molecule has 7 heteroatoms. The molecule has 34 heavy (non-hydrogen) atoms. The smallest absolute Gasteiger partial charge is 0.261 e. The number of fused-ring (bicyclic) bond motifs is 4. The third-order valence-electron chi connectivity index (χ3n) is 7.42. The van der Waals surface area contributed by atoms with Crippen molar-refractivity contribution in [3.05, 3.63) is 88.4 Å². The molecule has 3 heterocycles. The minimum absolute atomic E-state index is 0.0275. The van der Waals surface area contributed by atoms with Crippen LogP contribution in [0.1, 0.15) is 12.5 Å². The Bertz CT molecular complexity index is 1310. The Morgan fingerprint density at radius 1 is 0.912 bits per heavy atom. The van der Waals surface area contributed by atoms with Crippen LogP contribution in [0.2, 0.25) is 10.0 Å². The molecule has 2 atom stereocenters. The summed E-state index contributed by atoms with van der Waals surface area (Å²) in [4.78, 5) is 18.9. The van der Waals surface area contributed by atoms with Crippen LogP contribution in [-0.2, 0) is 11.2 Å². The fourth-order valence-electron chi connectivity index (χ4n) is 5.73. The SMILES string of the molecule is CC1=NN(c2ccccc2)C(=O)[C@]12Cc1ccc(Cl)cc1N1CCN(c3cccc(Cl)c3)C[C@@H]12. The van der Waals surface area contributed by atoms with Crippen LogP contribution in [0.4, 0.5) is 17.1 Å². The number of hydrogen-bond acceptors (Lipinski definition) is 4. The zero-order chi connectivity index (χ0) is 23.4. The second-order valence-electron chi connectivity index (χ2n) is 9.19. The van der Waals surface area contributed by atoms with Gasteiger partial charge in [-0.25, -0.2) is 0 Å². The van der Waals surface area contributed by atoms with Gasteiger partial charge in [-0.3, -0.25) is 4.79 Å². The maximum atomic E-state index is 14.2. The van der Waals surface area contributed by atoms with E-state index >= 15 is 0 Å². The Morgan fingerprint density at radius 2 is 1.68 bits per heavy atom. The number of piperazine rings is 1. The lowest BCUT2D eigenvalue weighted by Crippen LogP contribution is -2.67. The van der Waals surface area contributed by atoms with E-state index in [9.17, 15) is 4.79 Å². The van der Waals surface area contributed by atoms with E-state index in [1.807, 2.05) is 67.6 Å². The Hall–Kier alpha value is -3.02. The normalized spacial score (nSPS) is 23.7. The minimum Gasteiger partial charge on any atom is -0.368 e. The number of hydrazone groups is 1. The lowest BCUT2D eigenvalue weighted by Gasteiger charge is -2.53. The molecule has 0 aromatic heterocycles. The number of amides is 1. The first-order chi connectivity index (χ1) is 16.5. The quantitative estimate of drug-likeness (QED) is 0.465. The highest BCUT2D eigenvalue weighted by atomic mass is 35.5. The number of anilines is 3. The van der Waals surface area contributed by atoms with Crippen molar-refractivity contribution in [1.29, 1.82) is 0 Å². The molecule has 5 nitrogen and oxygen atoms in total. The van der Waals surface area contributed by atoms with Gasteiger partial charge in [0.2, 0.25) is 0 Å². The molecular weight excluding hydrogens is 467 g/mol. The molecule has 172 valence electrons. The summed E-state index contributed by atoms with van der Waals surface area (Å²) in [5.74, 6) is 0.0275. The Labute approximate surface area is 209 Å². The first-order valence-electron chi connectivity index (χ1n) is 11.5. The van der Waals surface area contributed by atoms with Gasteiger partial charge in [-0.05, 0) is 61.4 Å². The van der Waals surface area contributed by atoms with Gasteiger partial charge < -0.3 is 9.80 Å². The van der Waals surface area contributed by atoms with E-state index in [2.05, 4.69) is 21.9 Å². The van der Waals surface area contributed by atoms with Crippen LogP contribution in [0.15, 0.2) is 77.9 Å². The Kier molecular flexibility index (Phi) is 5.08. The third kappa shape index (κ3) is 3.22. The summed E-state index contributed by atoms with van der Waals surface area (Å²) in [5, 5.41) is 7.82. The average molecular weight is 491 g/mol. The van der Waals surface area contributed by atoms with E-state index < -0.39 is 5.41 Å². The fourth-order valence-corrected chi connectivity index (χ4v) is 6.08. The summed E-state index contributed by atoms with van der Waals surface area (Å²) in [6, 6.07) is 23.5. The van der Waals surface area contributed by atoms with Crippen LogP contribution >= 0.6 is 23.2 Å². The molecule has 0 saturated carbocycles. The van der Waals surface area contributed by atoms with Crippen molar-refractivity contribution in [3.63, 3.8) is 0 Å². The van der Waals surface area contributed by atoms with Gasteiger partial charge in [-0.1, -0.05) is 53.5 Å². The number of benzene rings is 3. The monoisotopic (exact) mass is 490 g/mol. The van der Waals surface area contributed by atoms with Crippen LogP contribution in [-0.4, -0.2) is 37.3 Å². The number of carbonyl (C=O) groups excluding carboxylic acids is 1. The van der Waals surface area contributed by atoms with Crippen LogP contribution in [0, 0.1) is 5.41 Å². The number of hydrogen-bond donors (Lipinski definition) is 0. The second-order valence-corrected chi connectivity index (χ2v) is 10.1. The van der Waals surface area contributed by atoms with Crippen molar-refractivity contribution in [2.75, 3.05) is 34.4 Å². The zero-order valence-electron chi connectivity index (χ0n) is 18.8. The molecule has 1 amide bonds. The first kappa shape index (κ1) is 21.5. The predicted octanol–water partition coefficient (Wildman–Crippen LogP) is 5.65. The summed E-state index contributed by atoms with van der Waals surface area (Å²) in [6.45, 7) is 4.29. The van der Waals surface area contributed by atoms with Crippen molar-refractivity contribution < 1.29 is 4.79 Å². The molecule has 3 aliphatic rings. The number of rotatable bonds is 2. The number of para-hydroxylation sites is 1. The van der Waals surface area contributed by atoms with E-state index in [1.54, 1.807) is 5.01 Å². The van der Waals surface area contributed by atoms with E-state index in [0.29, 0.717) is 23.0 Å². The molecule has 0 bridgehead atoms. The maximum absolute atomic E-state index is 14.2. The molecule has 1 saturated heterocycles. The summed E-state index contributed by atoms with van der Waals surface area (Å²) in [6.07, 6.45) is 0.599. The molecular formula is C27H24Cl2N4O. The third-order valence-corrected chi connectivity index (χ3v) is 7.89. The fraction of sp³-hybridized carbons (Fsp3) is 0.259. The number of nitrogens with zero attached hydrogens (tertiary/aromatic N) is 4. The van der Waals surface area contributed by atoms with Crippen LogP contribution < -0.4 is 14.8 Å². The van der Waals surface area contributed by atoms with Crippen molar-refractivity contribution in [1.82, 2.24) is 0 Å². The number of halogens is 2. The van der Waals surface area contributed by atoms with Crippen molar-refractivity contribution in [2.24, 2.45) is 10.5 Å². The minimum atomic E-state index is -0.756. The van der Waals surface area contributed by atoms with Crippen molar-refractivity contribution >= 4 is 51.9 Å². The molecule has 0 aliphatic carbocycles. The van der Waals surface area contributed by atoms with Crippen LogP contribution in [0.25, 0.3) is 0 Å². The van der Waals surface area contributed by atoms with Gasteiger partial charge in [0.05, 0.1) is 17.4 Å². The highest BCUT2D eigenvalue weighted by molar-refractivity contribution is 6.31. The standard InChI is InChI=1S/C27H24Cl2N4O/c1-18-27(26(34)33(30-18)22-7-3-2-4-8-22)16-19-10-11-21(29)15-24(19)32-13-12-31(17-25(27)32)23-9-5-6-20(28)14-23/h2-11,14-15,25H,12-13,16-17H2,1H3/t25-,27-/m1/s1. The van der Waals surface area contributed by atoms with Gasteiger partial charge in [-0.2, -0.15) is 10.1 Å². The van der Waals surface area contributed by atoms with E-state index in [0.717, 1.165) is 41.4 Å². The van der Waals surface area contributed by atoms with E-state index in [-0.39, 0.29) is 11.9 Å². The Morgan fingerprint density at radius 3 is 2.47 bits per heavy atom. The lowest BCUT2D eigenvalue weighted by atomic mass is 9.67. The van der Waals surface area contributed by atoms with Gasteiger partial charge in [0.15, 0.2) is 0 Å². The molecule has 0 N–H and O–H groups in total. The van der Waals surface area contributed by atoms with Gasteiger partial charge in [0.1, 0.15) is 5.41 Å². The second kappa shape index (κ2) is 8.03. The molecule has 6 rings (SSSR count). The van der Waals surface area contributed by atoms with Crippen molar-refractivity contribution in [2.45, 2.75) is 19.4 Å². The molecule has 3 aliphatic heterocycles. The van der Waals surface area contributed by atoms with E-state index in [1.165, 1.54) is 0 Å². The lowest BCUT2D eigenvalue weighted by molar-refractivity contribution is -0.125. The topological polar surface area (TPSA) is 39.2 Å². The largest absolute Gasteiger partial charge is 0.368 e. The molecule has 1 fully saturated rings. The molecule has 1 spiro atoms. The maximum Gasteiger partial charge on any atom is 0.261 e. The van der Waals surface area contributed by atoms with Gasteiger partial charge >= 0.3 is 0 Å². The van der Waals surface area contributed by atoms with Gasteiger partial charge in [0.25, 0.3) is 5.91 Å². The molecule has 0 unspecified atom stereocenters. The van der Waals surface area contributed by atoms with Gasteiger partial charge in [0, 0.05) is 41.1 Å². The summed E-state index contributed by atoms with van der Waals surface area (Å²) < 4.78 is 0. The zero-order valence-corrected chi connectivity index (χ0v) is 20.3. The van der Waals surface area contributed by atoms with Crippen molar-refractivity contribution in [3.8, 4) is 0 Å². The van der Waals surface area contributed by atoms with Crippen LogP contribution in [0.5, 0.6) is 0 Å². The summed E-state index contributed by atoms with van der Waals surface area (Å²) in [5.41, 5.74) is 4.21. The number of carbonyl (C=O) groups is 1. The molecule has 3 aromatic rings. The molecule has 0 radical (unpaired) electrons.